The quantitative estimate of drug-likeness (QED) is 0.621. The maximum atomic E-state index is 11.9. The Balaban J connectivity index is 1.88. The van der Waals surface area contributed by atoms with Crippen LogP contribution in [0.5, 0.6) is 5.75 Å². The minimum Gasteiger partial charge on any atom is -0.497 e. The summed E-state index contributed by atoms with van der Waals surface area (Å²) >= 11 is 0. The lowest BCUT2D eigenvalue weighted by Gasteiger charge is -2.07. The maximum absolute atomic E-state index is 11.9. The van der Waals surface area contributed by atoms with Crippen molar-refractivity contribution in [3.63, 3.8) is 0 Å². The van der Waals surface area contributed by atoms with Gasteiger partial charge in [-0.15, -0.1) is 0 Å². The average molecular weight is 348 g/mol. The van der Waals surface area contributed by atoms with E-state index in [1.165, 1.54) is 30.0 Å². The summed E-state index contributed by atoms with van der Waals surface area (Å²) in [5.41, 5.74) is 0.792. The zero-order chi connectivity index (χ0) is 18.4. The number of aromatic nitrogens is 2. The molecular weight excluding hydrogens is 332 g/mol. The van der Waals surface area contributed by atoms with Crippen molar-refractivity contribution in [2.24, 2.45) is 0 Å². The molecule has 0 atom stereocenters. The third-order valence-corrected chi connectivity index (χ3v) is 3.29. The molecule has 1 aromatic heterocycles. The summed E-state index contributed by atoms with van der Waals surface area (Å²) < 4.78 is 11.2. The molecule has 0 saturated carbocycles. The number of carbonyl (C=O) groups is 2. The summed E-state index contributed by atoms with van der Waals surface area (Å²) in [5.74, 6) is -0.508. The number of hydrogen-bond acceptors (Lipinski definition) is 7. The van der Waals surface area contributed by atoms with Crippen molar-refractivity contribution >= 4 is 17.9 Å². The van der Waals surface area contributed by atoms with Crippen LogP contribution in [-0.4, -0.2) is 40.2 Å². The highest BCUT2D eigenvalue weighted by Crippen LogP contribution is 2.13. The standard InChI is InChI=1S/C15H16N4O6/c1-10-9-16-14(19(22)23)18(10)6-7-25-15(21)17-13(20)11-4-3-5-12(8-11)24-2/h3-5,8-9H,6-7H2,1-2H3,(H,17,20,21). The molecule has 1 N–H and O–H groups in total. The third-order valence-electron chi connectivity index (χ3n) is 3.29. The van der Waals surface area contributed by atoms with Gasteiger partial charge in [0.1, 0.15) is 30.8 Å². The van der Waals surface area contributed by atoms with Crippen molar-refractivity contribution in [3.8, 4) is 5.75 Å². The van der Waals surface area contributed by atoms with Crippen LogP contribution in [0.4, 0.5) is 10.7 Å². The maximum Gasteiger partial charge on any atom is 0.434 e. The number of alkyl carbamates (subject to hydrolysis) is 1. The summed E-state index contributed by atoms with van der Waals surface area (Å²) in [7, 11) is 1.46. The largest absolute Gasteiger partial charge is 0.497 e. The lowest BCUT2D eigenvalue weighted by molar-refractivity contribution is -0.396. The molecule has 0 spiro atoms. The van der Waals surface area contributed by atoms with Crippen molar-refractivity contribution in [1.82, 2.24) is 14.9 Å². The van der Waals surface area contributed by atoms with Gasteiger partial charge in [0.2, 0.25) is 0 Å². The molecule has 0 aliphatic heterocycles. The fourth-order valence-electron chi connectivity index (χ4n) is 2.07. The van der Waals surface area contributed by atoms with Crippen molar-refractivity contribution in [2.75, 3.05) is 13.7 Å². The van der Waals surface area contributed by atoms with E-state index in [0.29, 0.717) is 11.4 Å². The molecule has 2 amide bonds. The van der Waals surface area contributed by atoms with Gasteiger partial charge in [0.15, 0.2) is 0 Å². The van der Waals surface area contributed by atoms with Gasteiger partial charge >= 0.3 is 12.0 Å². The van der Waals surface area contributed by atoms with Gasteiger partial charge in [-0.2, -0.15) is 0 Å². The molecule has 0 saturated heterocycles. The number of methoxy groups -OCH3 is 1. The number of ether oxygens (including phenoxy) is 2. The van der Waals surface area contributed by atoms with E-state index in [0.717, 1.165) is 0 Å². The number of imide groups is 1. The molecular formula is C15H16N4O6. The van der Waals surface area contributed by atoms with Crippen molar-refractivity contribution in [3.05, 3.63) is 51.8 Å². The number of imidazole rings is 1. The number of aryl methyl sites for hydroxylation is 1. The molecule has 0 bridgehead atoms. The minimum atomic E-state index is -0.951. The zero-order valence-electron chi connectivity index (χ0n) is 13.6. The second kappa shape index (κ2) is 7.90. The number of carbonyl (C=O) groups excluding carboxylic acids is 2. The highest BCUT2D eigenvalue weighted by Gasteiger charge is 2.18. The summed E-state index contributed by atoms with van der Waals surface area (Å²) in [5, 5.41) is 12.9. The minimum absolute atomic E-state index is 0.0446. The van der Waals surface area contributed by atoms with Gasteiger partial charge < -0.3 is 19.6 Å². The highest BCUT2D eigenvalue weighted by molar-refractivity contribution is 6.03. The number of nitrogens with one attached hydrogen (secondary N) is 1. The van der Waals surface area contributed by atoms with Crippen LogP contribution < -0.4 is 10.1 Å². The predicted molar refractivity (Wildman–Crippen MR) is 85.4 cm³/mol. The van der Waals surface area contributed by atoms with E-state index in [1.54, 1.807) is 19.1 Å². The van der Waals surface area contributed by atoms with E-state index in [9.17, 15) is 19.7 Å². The fraction of sp³-hybridized carbons (Fsp3) is 0.267. The van der Waals surface area contributed by atoms with Crippen LogP contribution in [0.2, 0.25) is 0 Å². The van der Waals surface area contributed by atoms with E-state index >= 15 is 0 Å². The Bertz CT molecular complexity index is 801. The van der Waals surface area contributed by atoms with E-state index in [1.807, 2.05) is 0 Å². The first kappa shape index (κ1) is 17.9. The number of nitrogens with zero attached hydrogens (tertiary/aromatic N) is 3. The normalized spacial score (nSPS) is 10.2. The summed E-state index contributed by atoms with van der Waals surface area (Å²) in [4.78, 5) is 37.5. The first-order chi connectivity index (χ1) is 11.9. The highest BCUT2D eigenvalue weighted by atomic mass is 16.6. The first-order valence-corrected chi connectivity index (χ1v) is 7.21. The lowest BCUT2D eigenvalue weighted by Crippen LogP contribution is -2.31. The Morgan fingerprint density at radius 3 is 2.84 bits per heavy atom. The monoisotopic (exact) mass is 348 g/mol. The summed E-state index contributed by atoms with van der Waals surface area (Å²) in [6.45, 7) is 1.53. The topological polar surface area (TPSA) is 126 Å². The molecule has 132 valence electrons. The zero-order valence-corrected chi connectivity index (χ0v) is 13.6. The van der Waals surface area contributed by atoms with E-state index in [4.69, 9.17) is 9.47 Å². The molecule has 0 fully saturated rings. The van der Waals surface area contributed by atoms with Gasteiger partial charge in [-0.3, -0.25) is 10.1 Å². The van der Waals surface area contributed by atoms with E-state index in [2.05, 4.69) is 10.3 Å². The smallest absolute Gasteiger partial charge is 0.434 e. The number of rotatable bonds is 6. The second-order valence-electron chi connectivity index (χ2n) is 4.93. The van der Waals surface area contributed by atoms with Gasteiger partial charge in [-0.1, -0.05) is 11.1 Å². The lowest BCUT2D eigenvalue weighted by atomic mass is 10.2. The molecule has 1 aromatic carbocycles. The van der Waals surface area contributed by atoms with Crippen LogP contribution in [0.1, 0.15) is 16.1 Å². The van der Waals surface area contributed by atoms with Gasteiger partial charge in [-0.05, 0) is 30.0 Å². The molecule has 0 radical (unpaired) electrons. The van der Waals surface area contributed by atoms with Gasteiger partial charge in [0.25, 0.3) is 5.91 Å². The molecule has 25 heavy (non-hydrogen) atoms. The molecule has 0 unspecified atom stereocenters. The Hall–Kier alpha value is -3.43. The second-order valence-corrected chi connectivity index (χ2v) is 4.93. The van der Waals surface area contributed by atoms with Crippen LogP contribution in [0.25, 0.3) is 0 Å². The molecule has 2 aromatic rings. The van der Waals surface area contributed by atoms with Crippen molar-refractivity contribution < 1.29 is 24.0 Å². The molecule has 0 aliphatic rings. The van der Waals surface area contributed by atoms with Gasteiger partial charge in [0.05, 0.1) is 7.11 Å². The average Bonchev–Trinajstić information content (AvgIpc) is 2.96. The number of hydrogen-bond donors (Lipinski definition) is 1. The SMILES string of the molecule is COc1cccc(C(=O)NC(=O)OCCn2c(C)cnc2[N+](=O)[O-])c1. The molecule has 0 aliphatic carbocycles. The predicted octanol–water partition coefficient (Wildman–Crippen LogP) is 1.67. The van der Waals surface area contributed by atoms with Gasteiger partial charge in [0, 0.05) is 5.56 Å². The Morgan fingerprint density at radius 2 is 2.16 bits per heavy atom. The fourth-order valence-corrected chi connectivity index (χ4v) is 2.07. The summed E-state index contributed by atoms with van der Waals surface area (Å²) in [6, 6.07) is 6.26. The number of amides is 2. The number of nitro groups is 1. The van der Waals surface area contributed by atoms with Crippen LogP contribution in [0, 0.1) is 17.0 Å². The molecule has 10 heteroatoms. The van der Waals surface area contributed by atoms with Crippen LogP contribution in [0.3, 0.4) is 0 Å². The van der Waals surface area contributed by atoms with Crippen LogP contribution in [0.15, 0.2) is 30.5 Å². The third kappa shape index (κ3) is 4.53. The van der Waals surface area contributed by atoms with Crippen molar-refractivity contribution in [2.45, 2.75) is 13.5 Å². The van der Waals surface area contributed by atoms with E-state index in [-0.39, 0.29) is 24.7 Å². The summed E-state index contributed by atoms with van der Waals surface area (Å²) in [6.07, 6.45) is 0.401. The van der Waals surface area contributed by atoms with E-state index < -0.39 is 16.9 Å². The molecule has 1 heterocycles. The molecule has 2 rings (SSSR count). The van der Waals surface area contributed by atoms with Crippen LogP contribution in [-0.2, 0) is 11.3 Å². The van der Waals surface area contributed by atoms with Crippen molar-refractivity contribution in [1.29, 1.82) is 0 Å². The molecule has 10 nitrogen and oxygen atoms in total. The Labute approximate surface area is 142 Å². The number of benzene rings is 1. The van der Waals surface area contributed by atoms with Gasteiger partial charge in [-0.25, -0.2) is 9.36 Å². The van der Waals surface area contributed by atoms with Crippen LogP contribution >= 0.6 is 0 Å². The first-order valence-electron chi connectivity index (χ1n) is 7.21. The Morgan fingerprint density at radius 1 is 1.40 bits per heavy atom. The Kier molecular flexibility index (Phi) is 5.66.